The molecule has 2 aliphatic heterocycles. The number of aliphatic hydroxyl groups is 1. The summed E-state index contributed by atoms with van der Waals surface area (Å²) in [4.78, 5) is 9.40. The van der Waals surface area contributed by atoms with Crippen molar-refractivity contribution in [3.63, 3.8) is 0 Å². The number of aromatic nitrogens is 1. The molecule has 0 aliphatic carbocycles. The van der Waals surface area contributed by atoms with Gasteiger partial charge in [0.2, 0.25) is 0 Å². The molecule has 19 heavy (non-hydrogen) atoms. The fourth-order valence-electron chi connectivity index (χ4n) is 3.21. The SMILES string of the molecule is CC(O)c1ccc(N2CCC(N3CCCC3)C2)cn1. The molecule has 0 radical (unpaired) electrons. The number of hydrogen-bond donors (Lipinski definition) is 1. The van der Waals surface area contributed by atoms with E-state index in [4.69, 9.17) is 0 Å². The summed E-state index contributed by atoms with van der Waals surface area (Å²) in [6, 6.07) is 4.74. The van der Waals surface area contributed by atoms with Crippen molar-refractivity contribution in [1.82, 2.24) is 9.88 Å². The van der Waals surface area contributed by atoms with Crippen LogP contribution in [-0.4, -0.2) is 47.2 Å². The Kier molecular flexibility index (Phi) is 3.71. The molecule has 4 heteroatoms. The van der Waals surface area contributed by atoms with Gasteiger partial charge in [0.05, 0.1) is 23.7 Å². The molecule has 4 nitrogen and oxygen atoms in total. The zero-order valence-electron chi connectivity index (χ0n) is 11.6. The Morgan fingerprint density at radius 2 is 2.05 bits per heavy atom. The summed E-state index contributed by atoms with van der Waals surface area (Å²) in [5, 5.41) is 9.48. The maximum absolute atomic E-state index is 9.48. The highest BCUT2D eigenvalue weighted by Gasteiger charge is 2.29. The lowest BCUT2D eigenvalue weighted by atomic mass is 10.2. The number of rotatable bonds is 3. The normalized spacial score (nSPS) is 26.0. The van der Waals surface area contributed by atoms with E-state index in [1.165, 1.54) is 38.0 Å². The van der Waals surface area contributed by atoms with Crippen LogP contribution in [0.5, 0.6) is 0 Å². The van der Waals surface area contributed by atoms with Gasteiger partial charge in [0.25, 0.3) is 0 Å². The second kappa shape index (κ2) is 5.47. The van der Waals surface area contributed by atoms with Crippen molar-refractivity contribution in [2.24, 2.45) is 0 Å². The number of anilines is 1. The Morgan fingerprint density at radius 1 is 1.26 bits per heavy atom. The van der Waals surface area contributed by atoms with E-state index in [-0.39, 0.29) is 0 Å². The molecule has 1 aromatic rings. The first-order valence-electron chi connectivity index (χ1n) is 7.37. The average Bonchev–Trinajstić information content (AvgIpc) is 3.10. The van der Waals surface area contributed by atoms with Crippen molar-refractivity contribution in [1.29, 1.82) is 0 Å². The summed E-state index contributed by atoms with van der Waals surface area (Å²) in [5.74, 6) is 0. The van der Waals surface area contributed by atoms with Gasteiger partial charge in [-0.3, -0.25) is 9.88 Å². The summed E-state index contributed by atoms with van der Waals surface area (Å²) >= 11 is 0. The molecule has 0 saturated carbocycles. The van der Waals surface area contributed by atoms with Crippen molar-refractivity contribution in [2.75, 3.05) is 31.1 Å². The minimum absolute atomic E-state index is 0.482. The minimum Gasteiger partial charge on any atom is -0.387 e. The van der Waals surface area contributed by atoms with E-state index in [0.29, 0.717) is 0 Å². The molecular weight excluding hydrogens is 238 g/mol. The first-order chi connectivity index (χ1) is 9.24. The molecule has 1 N–H and O–H groups in total. The zero-order valence-corrected chi connectivity index (χ0v) is 11.6. The lowest BCUT2D eigenvalue weighted by Crippen LogP contribution is -2.35. The van der Waals surface area contributed by atoms with Gasteiger partial charge in [0.1, 0.15) is 0 Å². The fourth-order valence-corrected chi connectivity index (χ4v) is 3.21. The highest BCUT2D eigenvalue weighted by molar-refractivity contribution is 5.46. The van der Waals surface area contributed by atoms with Gasteiger partial charge in [-0.25, -0.2) is 0 Å². The largest absolute Gasteiger partial charge is 0.387 e. The van der Waals surface area contributed by atoms with Crippen molar-refractivity contribution in [3.8, 4) is 0 Å². The predicted octanol–water partition coefficient (Wildman–Crippen LogP) is 1.81. The number of likely N-dealkylation sites (tertiary alicyclic amines) is 1. The van der Waals surface area contributed by atoms with E-state index in [1.807, 2.05) is 12.3 Å². The van der Waals surface area contributed by atoms with Crippen LogP contribution in [0.4, 0.5) is 5.69 Å². The molecule has 2 saturated heterocycles. The van der Waals surface area contributed by atoms with Gasteiger partial charge in [-0.2, -0.15) is 0 Å². The Bertz CT molecular complexity index is 412. The summed E-state index contributed by atoms with van der Waals surface area (Å²) in [6.07, 6.45) is 5.40. The van der Waals surface area contributed by atoms with Crippen LogP contribution in [0.15, 0.2) is 18.3 Å². The first kappa shape index (κ1) is 12.9. The van der Waals surface area contributed by atoms with Crippen LogP contribution in [0.3, 0.4) is 0 Å². The van der Waals surface area contributed by atoms with Gasteiger partial charge in [-0.1, -0.05) is 0 Å². The van der Waals surface area contributed by atoms with E-state index >= 15 is 0 Å². The van der Waals surface area contributed by atoms with Crippen LogP contribution in [0.1, 0.15) is 38.0 Å². The maximum atomic E-state index is 9.48. The summed E-state index contributed by atoms with van der Waals surface area (Å²) in [5.41, 5.74) is 1.94. The average molecular weight is 261 g/mol. The molecule has 104 valence electrons. The van der Waals surface area contributed by atoms with E-state index in [2.05, 4.69) is 20.9 Å². The minimum atomic E-state index is -0.482. The molecule has 0 bridgehead atoms. The van der Waals surface area contributed by atoms with Crippen LogP contribution < -0.4 is 4.90 Å². The third-order valence-electron chi connectivity index (χ3n) is 4.38. The van der Waals surface area contributed by atoms with E-state index in [0.717, 1.165) is 24.8 Å². The van der Waals surface area contributed by atoms with Gasteiger partial charge < -0.3 is 10.0 Å². The fraction of sp³-hybridized carbons (Fsp3) is 0.667. The standard InChI is InChI=1S/C15H23N3O/c1-12(19)15-5-4-13(10-16-15)18-9-6-14(11-18)17-7-2-3-8-17/h4-5,10,12,14,19H,2-3,6-9,11H2,1H3. The lowest BCUT2D eigenvalue weighted by Gasteiger charge is -2.24. The Hall–Kier alpha value is -1.13. The molecule has 0 spiro atoms. The quantitative estimate of drug-likeness (QED) is 0.901. The zero-order chi connectivity index (χ0) is 13.2. The Morgan fingerprint density at radius 3 is 2.68 bits per heavy atom. The van der Waals surface area contributed by atoms with E-state index < -0.39 is 6.10 Å². The van der Waals surface area contributed by atoms with Crippen LogP contribution >= 0.6 is 0 Å². The third-order valence-corrected chi connectivity index (χ3v) is 4.38. The van der Waals surface area contributed by atoms with Crippen LogP contribution in [0.2, 0.25) is 0 Å². The predicted molar refractivity (Wildman–Crippen MR) is 76.3 cm³/mol. The molecule has 3 rings (SSSR count). The van der Waals surface area contributed by atoms with Gasteiger partial charge >= 0.3 is 0 Å². The molecule has 0 aromatic carbocycles. The summed E-state index contributed by atoms with van der Waals surface area (Å²) < 4.78 is 0. The van der Waals surface area contributed by atoms with Crippen LogP contribution in [-0.2, 0) is 0 Å². The molecule has 2 unspecified atom stereocenters. The molecule has 1 aromatic heterocycles. The van der Waals surface area contributed by atoms with Crippen molar-refractivity contribution < 1.29 is 5.11 Å². The molecule has 2 aliphatic rings. The number of hydrogen-bond acceptors (Lipinski definition) is 4. The first-order valence-corrected chi connectivity index (χ1v) is 7.37. The van der Waals surface area contributed by atoms with Crippen LogP contribution in [0.25, 0.3) is 0 Å². The summed E-state index contributed by atoms with van der Waals surface area (Å²) in [6.45, 7) is 6.54. The van der Waals surface area contributed by atoms with Gasteiger partial charge in [-0.05, 0) is 51.4 Å². The van der Waals surface area contributed by atoms with Crippen molar-refractivity contribution >= 4 is 5.69 Å². The third kappa shape index (κ3) is 2.74. The van der Waals surface area contributed by atoms with Crippen LogP contribution in [0, 0.1) is 0 Å². The lowest BCUT2D eigenvalue weighted by molar-refractivity contribution is 0.194. The number of nitrogens with zero attached hydrogens (tertiary/aromatic N) is 3. The van der Waals surface area contributed by atoms with Crippen molar-refractivity contribution in [3.05, 3.63) is 24.0 Å². The van der Waals surface area contributed by atoms with E-state index in [1.54, 1.807) is 6.92 Å². The smallest absolute Gasteiger partial charge is 0.0931 e. The number of pyridine rings is 1. The second-order valence-corrected chi connectivity index (χ2v) is 5.75. The highest BCUT2D eigenvalue weighted by atomic mass is 16.3. The monoisotopic (exact) mass is 261 g/mol. The molecule has 3 heterocycles. The maximum Gasteiger partial charge on any atom is 0.0931 e. The van der Waals surface area contributed by atoms with E-state index in [9.17, 15) is 5.11 Å². The van der Waals surface area contributed by atoms with Gasteiger partial charge in [0, 0.05) is 19.1 Å². The Labute approximate surface area is 115 Å². The highest BCUT2D eigenvalue weighted by Crippen LogP contribution is 2.25. The molecule has 0 amide bonds. The molecule has 2 fully saturated rings. The van der Waals surface area contributed by atoms with Gasteiger partial charge in [-0.15, -0.1) is 0 Å². The molecule has 2 atom stereocenters. The van der Waals surface area contributed by atoms with Gasteiger partial charge in [0.15, 0.2) is 0 Å². The second-order valence-electron chi connectivity index (χ2n) is 5.75. The Balaban J connectivity index is 1.63. The topological polar surface area (TPSA) is 39.6 Å². The van der Waals surface area contributed by atoms with Crippen molar-refractivity contribution in [2.45, 2.75) is 38.3 Å². The number of aliphatic hydroxyl groups excluding tert-OH is 1. The summed E-state index contributed by atoms with van der Waals surface area (Å²) in [7, 11) is 0. The molecular formula is C15H23N3O.